The topological polar surface area (TPSA) is 74.1 Å². The Hall–Kier alpha value is -3.88. The number of likely N-dealkylation sites (tertiary alicyclic amines) is 2. The highest BCUT2D eigenvalue weighted by molar-refractivity contribution is 5.94. The number of ether oxygens (including phenoxy) is 1. The van der Waals surface area contributed by atoms with Crippen molar-refractivity contribution in [3.8, 4) is 17.0 Å². The molecule has 3 aliphatic heterocycles. The number of carbonyl (C=O) groups excluding carboxylic acids is 1. The summed E-state index contributed by atoms with van der Waals surface area (Å²) < 4.78 is 7.80. The predicted molar refractivity (Wildman–Crippen MR) is 162 cm³/mol. The summed E-state index contributed by atoms with van der Waals surface area (Å²) in [5.41, 5.74) is 6.76. The van der Waals surface area contributed by atoms with Gasteiger partial charge in [-0.05, 0) is 105 Å². The molecule has 8 nitrogen and oxygen atoms in total. The molecule has 2 fully saturated rings. The van der Waals surface area contributed by atoms with Crippen LogP contribution in [0.3, 0.4) is 0 Å². The minimum Gasteiger partial charge on any atom is -0.478 e. The van der Waals surface area contributed by atoms with Gasteiger partial charge in [-0.1, -0.05) is 6.92 Å². The van der Waals surface area contributed by atoms with E-state index < -0.39 is 0 Å². The lowest BCUT2D eigenvalue weighted by Crippen LogP contribution is -2.48. The monoisotopic (exact) mass is 550 g/mol. The largest absolute Gasteiger partial charge is 0.478 e. The number of piperidine rings is 2. The Kier molecular flexibility index (Phi) is 7.10. The fourth-order valence-electron chi connectivity index (χ4n) is 6.54. The minimum atomic E-state index is 0.132. The summed E-state index contributed by atoms with van der Waals surface area (Å²) in [7, 11) is 0. The number of carbonyl (C=O) groups is 1. The molecule has 0 spiro atoms. The molecule has 0 atom stereocenters. The highest BCUT2D eigenvalue weighted by Gasteiger charge is 2.29. The summed E-state index contributed by atoms with van der Waals surface area (Å²) >= 11 is 0. The second kappa shape index (κ2) is 11.2. The van der Waals surface area contributed by atoms with Gasteiger partial charge in [-0.15, -0.1) is 0 Å². The molecule has 41 heavy (non-hydrogen) atoms. The van der Waals surface area contributed by atoms with Gasteiger partial charge in [-0.25, -0.2) is 4.98 Å². The van der Waals surface area contributed by atoms with Crippen molar-refractivity contribution in [1.29, 1.82) is 0 Å². The van der Waals surface area contributed by atoms with Gasteiger partial charge >= 0.3 is 0 Å². The number of hydrogen-bond acceptors (Lipinski definition) is 6. The highest BCUT2D eigenvalue weighted by Crippen LogP contribution is 2.32. The molecule has 212 valence electrons. The Labute approximate surface area is 241 Å². The number of fused-ring (bicyclic) bond motifs is 2. The maximum absolute atomic E-state index is 13.3. The predicted octanol–water partition coefficient (Wildman–Crippen LogP) is 5.52. The van der Waals surface area contributed by atoms with Crippen molar-refractivity contribution < 1.29 is 9.53 Å². The average Bonchev–Trinajstić information content (AvgIpc) is 3.52. The van der Waals surface area contributed by atoms with Crippen molar-refractivity contribution in [2.75, 3.05) is 38.2 Å². The standard InChI is InChI=1S/C33H38N6O2/c1-23-10-15-37(16-11-23)28-12-17-38(18-13-28)33(40)24-2-5-27(6-3-24)36-29-7-8-30(39-19-14-35-32(29)39)25-4-9-31-26(20-25)21-34-22-41-31/h2-9,14,19-20,23,28,34,36H,10-13,15-18,21-22H2,1H3. The molecule has 0 bridgehead atoms. The number of imidazole rings is 1. The van der Waals surface area contributed by atoms with Gasteiger partial charge in [0.15, 0.2) is 5.65 Å². The van der Waals surface area contributed by atoms with E-state index in [1.165, 1.54) is 25.9 Å². The van der Waals surface area contributed by atoms with Crippen molar-refractivity contribution >= 4 is 22.9 Å². The second-order valence-electron chi connectivity index (χ2n) is 11.7. The molecular formula is C33H38N6O2. The fraction of sp³-hybridized carbons (Fsp3) is 0.394. The van der Waals surface area contributed by atoms with Crippen molar-refractivity contribution in [2.24, 2.45) is 5.92 Å². The van der Waals surface area contributed by atoms with E-state index in [1.807, 2.05) is 47.6 Å². The molecule has 0 radical (unpaired) electrons. The van der Waals surface area contributed by atoms with Crippen LogP contribution in [0.4, 0.5) is 11.4 Å². The van der Waals surface area contributed by atoms with Gasteiger partial charge in [0, 0.05) is 54.9 Å². The third-order valence-corrected chi connectivity index (χ3v) is 9.05. The van der Waals surface area contributed by atoms with Crippen LogP contribution in [-0.2, 0) is 6.54 Å². The maximum atomic E-state index is 13.3. The fourth-order valence-corrected chi connectivity index (χ4v) is 6.54. The first kappa shape index (κ1) is 26.0. The Balaban J connectivity index is 1.02. The first-order chi connectivity index (χ1) is 20.1. The summed E-state index contributed by atoms with van der Waals surface area (Å²) in [4.78, 5) is 22.6. The molecule has 8 heteroatoms. The first-order valence-electron chi connectivity index (χ1n) is 15.0. The molecule has 5 heterocycles. The second-order valence-corrected chi connectivity index (χ2v) is 11.7. The molecule has 0 unspecified atom stereocenters. The number of benzene rings is 2. The van der Waals surface area contributed by atoms with Crippen molar-refractivity contribution in [3.05, 3.63) is 78.1 Å². The van der Waals surface area contributed by atoms with Gasteiger partial charge in [0.1, 0.15) is 12.5 Å². The van der Waals surface area contributed by atoms with Crippen LogP contribution in [0.25, 0.3) is 16.9 Å². The van der Waals surface area contributed by atoms with Crippen LogP contribution in [-0.4, -0.2) is 64.0 Å². The molecule has 4 aromatic rings. The molecule has 0 saturated carbocycles. The van der Waals surface area contributed by atoms with E-state index in [4.69, 9.17) is 4.74 Å². The highest BCUT2D eigenvalue weighted by atomic mass is 16.5. The molecule has 2 saturated heterocycles. The quantitative estimate of drug-likeness (QED) is 0.341. The van der Waals surface area contributed by atoms with Gasteiger partial charge in [0.05, 0.1) is 11.4 Å². The molecule has 1 amide bonds. The van der Waals surface area contributed by atoms with E-state index in [-0.39, 0.29) is 5.91 Å². The van der Waals surface area contributed by atoms with Crippen molar-refractivity contribution in [2.45, 2.75) is 45.2 Å². The molecule has 0 aliphatic carbocycles. The van der Waals surface area contributed by atoms with Gasteiger partial charge in [0.2, 0.25) is 0 Å². The zero-order valence-electron chi connectivity index (χ0n) is 23.7. The zero-order chi connectivity index (χ0) is 27.8. The summed E-state index contributed by atoms with van der Waals surface area (Å²) in [6.07, 6.45) is 8.57. The number of anilines is 2. The zero-order valence-corrected chi connectivity index (χ0v) is 23.7. The summed E-state index contributed by atoms with van der Waals surface area (Å²) in [5.74, 6) is 1.92. The van der Waals surface area contributed by atoms with E-state index in [9.17, 15) is 4.79 Å². The van der Waals surface area contributed by atoms with Crippen LogP contribution in [0, 0.1) is 5.92 Å². The van der Waals surface area contributed by atoms with Gasteiger partial charge < -0.3 is 19.9 Å². The Morgan fingerprint density at radius 2 is 1.78 bits per heavy atom. The van der Waals surface area contributed by atoms with Crippen LogP contribution in [0.2, 0.25) is 0 Å². The number of nitrogens with zero attached hydrogens (tertiary/aromatic N) is 4. The molecule has 2 aromatic carbocycles. The minimum absolute atomic E-state index is 0.132. The Morgan fingerprint density at radius 3 is 2.59 bits per heavy atom. The number of pyridine rings is 1. The van der Waals surface area contributed by atoms with Gasteiger partial charge in [-0.3, -0.25) is 14.5 Å². The summed E-state index contributed by atoms with van der Waals surface area (Å²) in [5, 5.41) is 6.76. The normalized spacial score (nSPS) is 18.7. The molecule has 3 aliphatic rings. The Bertz CT molecular complexity index is 1530. The molecular weight excluding hydrogens is 512 g/mol. The van der Waals surface area contributed by atoms with E-state index in [2.05, 4.69) is 56.1 Å². The Morgan fingerprint density at radius 1 is 0.976 bits per heavy atom. The number of hydrogen-bond donors (Lipinski definition) is 2. The van der Waals surface area contributed by atoms with Gasteiger partial charge in [0.25, 0.3) is 5.91 Å². The van der Waals surface area contributed by atoms with E-state index in [1.54, 1.807) is 0 Å². The number of nitrogens with one attached hydrogen (secondary N) is 2. The molecule has 7 rings (SSSR count). The number of aromatic nitrogens is 2. The van der Waals surface area contributed by atoms with E-state index in [0.717, 1.165) is 83.5 Å². The molecule has 2 aromatic heterocycles. The lowest BCUT2D eigenvalue weighted by molar-refractivity contribution is 0.0560. The third kappa shape index (κ3) is 5.29. The van der Waals surface area contributed by atoms with Crippen molar-refractivity contribution in [1.82, 2.24) is 24.5 Å². The van der Waals surface area contributed by atoms with Crippen LogP contribution < -0.4 is 15.4 Å². The SMILES string of the molecule is CC1CCN(C2CCN(C(=O)c3ccc(Nc4ccc(-c5ccc6c(c5)CNCO6)n5ccnc45)cc3)CC2)CC1. The van der Waals surface area contributed by atoms with E-state index in [0.29, 0.717) is 12.8 Å². The summed E-state index contributed by atoms with van der Waals surface area (Å²) in [6, 6.07) is 19.0. The van der Waals surface area contributed by atoms with Crippen molar-refractivity contribution in [3.63, 3.8) is 0 Å². The number of rotatable bonds is 5. The maximum Gasteiger partial charge on any atom is 0.253 e. The van der Waals surface area contributed by atoms with Crippen LogP contribution in [0.1, 0.15) is 48.5 Å². The van der Waals surface area contributed by atoms with Crippen LogP contribution in [0.5, 0.6) is 5.75 Å². The summed E-state index contributed by atoms with van der Waals surface area (Å²) in [6.45, 7) is 7.81. The smallest absolute Gasteiger partial charge is 0.253 e. The lowest BCUT2D eigenvalue weighted by atomic mass is 9.94. The van der Waals surface area contributed by atoms with Gasteiger partial charge in [-0.2, -0.15) is 0 Å². The average molecular weight is 551 g/mol. The van der Waals surface area contributed by atoms with E-state index >= 15 is 0 Å². The van der Waals surface area contributed by atoms with Crippen LogP contribution in [0.15, 0.2) is 67.0 Å². The molecule has 2 N–H and O–H groups in total. The third-order valence-electron chi connectivity index (χ3n) is 9.05. The van der Waals surface area contributed by atoms with Crippen LogP contribution >= 0.6 is 0 Å². The number of amides is 1. The first-order valence-corrected chi connectivity index (χ1v) is 15.0. The lowest BCUT2D eigenvalue weighted by Gasteiger charge is -2.41.